The molecule has 1 aromatic rings. The van der Waals surface area contributed by atoms with E-state index in [4.69, 9.17) is 21.3 Å². The van der Waals surface area contributed by atoms with Gasteiger partial charge in [0.05, 0.1) is 5.02 Å². The number of ether oxygens (including phenoxy) is 1. The zero-order valence-electron chi connectivity index (χ0n) is 15.8. The molecular formula is C21H26ClN3O2. The number of aliphatic imine (C=N–C) groups is 1. The average molecular weight is 388 g/mol. The van der Waals surface area contributed by atoms with Crippen molar-refractivity contribution in [1.82, 2.24) is 4.98 Å². The molecule has 2 atom stereocenters. The standard InChI is InChI=1S/C21H26ClN3O2/c1-14-15(2)20(23-11-16-6-8-27-9-7-16)5-3-4-17(14)18-10-21(25-13-26)24-12-19(18)22/h3-5,10,12-16H,6-9,11H2,1-2H3,(H,24,25,26). The minimum atomic E-state index is 0.234. The maximum absolute atomic E-state index is 10.7. The van der Waals surface area contributed by atoms with E-state index in [2.05, 4.69) is 36.3 Å². The molecule has 0 bridgehead atoms. The summed E-state index contributed by atoms with van der Waals surface area (Å²) < 4.78 is 5.44. The Bertz CT molecular complexity index is 767. The maximum atomic E-state index is 10.7. The number of hydrogen-bond acceptors (Lipinski definition) is 4. The van der Waals surface area contributed by atoms with Gasteiger partial charge in [0.15, 0.2) is 0 Å². The molecule has 1 aliphatic carbocycles. The van der Waals surface area contributed by atoms with Gasteiger partial charge in [0, 0.05) is 43.1 Å². The van der Waals surface area contributed by atoms with Crippen LogP contribution in [-0.2, 0) is 9.53 Å². The highest BCUT2D eigenvalue weighted by Gasteiger charge is 2.25. The predicted molar refractivity (Wildman–Crippen MR) is 110 cm³/mol. The first-order valence-corrected chi connectivity index (χ1v) is 9.84. The average Bonchev–Trinajstić information content (AvgIpc) is 2.82. The van der Waals surface area contributed by atoms with E-state index in [9.17, 15) is 4.79 Å². The van der Waals surface area contributed by atoms with E-state index < -0.39 is 0 Å². The molecule has 1 fully saturated rings. The summed E-state index contributed by atoms with van der Waals surface area (Å²) in [6.45, 7) is 6.95. The fraction of sp³-hybridized carbons (Fsp3) is 0.476. The summed E-state index contributed by atoms with van der Waals surface area (Å²) in [5, 5.41) is 3.17. The minimum absolute atomic E-state index is 0.234. The van der Waals surface area contributed by atoms with Crippen LogP contribution < -0.4 is 5.32 Å². The fourth-order valence-electron chi connectivity index (χ4n) is 3.57. The van der Waals surface area contributed by atoms with Crippen LogP contribution in [0.15, 0.2) is 35.5 Å². The molecule has 5 nitrogen and oxygen atoms in total. The van der Waals surface area contributed by atoms with Crippen molar-refractivity contribution in [2.45, 2.75) is 26.7 Å². The zero-order chi connectivity index (χ0) is 19.2. The number of halogens is 1. The number of carbonyl (C=O) groups excluding carboxylic acids is 1. The third-order valence-corrected chi connectivity index (χ3v) is 5.80. The number of anilines is 1. The molecule has 0 radical (unpaired) electrons. The smallest absolute Gasteiger partial charge is 0.212 e. The van der Waals surface area contributed by atoms with Crippen LogP contribution in [-0.4, -0.2) is 36.9 Å². The van der Waals surface area contributed by atoms with Crippen LogP contribution in [0, 0.1) is 17.8 Å². The molecule has 1 aliphatic heterocycles. The number of hydrogen-bond donors (Lipinski definition) is 1. The van der Waals surface area contributed by atoms with Gasteiger partial charge in [-0.05, 0) is 42.4 Å². The molecule has 3 rings (SSSR count). The molecular weight excluding hydrogens is 362 g/mol. The zero-order valence-corrected chi connectivity index (χ0v) is 16.6. The van der Waals surface area contributed by atoms with Crippen LogP contribution in [0.2, 0.25) is 5.02 Å². The van der Waals surface area contributed by atoms with Crippen molar-refractivity contribution in [3.63, 3.8) is 0 Å². The summed E-state index contributed by atoms with van der Waals surface area (Å²) >= 11 is 6.41. The lowest BCUT2D eigenvalue weighted by Crippen LogP contribution is -2.21. The monoisotopic (exact) mass is 387 g/mol. The van der Waals surface area contributed by atoms with Crippen molar-refractivity contribution in [1.29, 1.82) is 0 Å². The quantitative estimate of drug-likeness (QED) is 0.762. The molecule has 0 saturated carbocycles. The molecule has 1 aromatic heterocycles. The minimum Gasteiger partial charge on any atom is -0.381 e. The van der Waals surface area contributed by atoms with Gasteiger partial charge < -0.3 is 10.1 Å². The summed E-state index contributed by atoms with van der Waals surface area (Å²) in [6, 6.07) is 1.82. The van der Waals surface area contributed by atoms with Gasteiger partial charge in [-0.15, -0.1) is 0 Å². The van der Waals surface area contributed by atoms with E-state index in [1.54, 1.807) is 6.20 Å². The van der Waals surface area contributed by atoms with Crippen LogP contribution in [0.5, 0.6) is 0 Å². The van der Waals surface area contributed by atoms with Crippen molar-refractivity contribution in [3.8, 4) is 0 Å². The largest absolute Gasteiger partial charge is 0.381 e. The van der Waals surface area contributed by atoms with E-state index in [-0.39, 0.29) is 11.8 Å². The Morgan fingerprint density at radius 1 is 1.33 bits per heavy atom. The number of carbonyl (C=O) groups is 1. The van der Waals surface area contributed by atoms with Crippen molar-refractivity contribution < 1.29 is 9.53 Å². The van der Waals surface area contributed by atoms with E-state index in [1.807, 2.05) is 12.1 Å². The number of aromatic nitrogens is 1. The van der Waals surface area contributed by atoms with Gasteiger partial charge in [0.25, 0.3) is 0 Å². The third kappa shape index (κ3) is 4.85. The van der Waals surface area contributed by atoms with Gasteiger partial charge in [-0.3, -0.25) is 9.79 Å². The number of nitrogens with one attached hydrogen (secondary N) is 1. The number of nitrogens with zero attached hydrogens (tertiary/aromatic N) is 2. The Hall–Kier alpha value is -1.98. The summed E-state index contributed by atoms with van der Waals surface area (Å²) in [6.07, 6.45) is 10.6. The highest BCUT2D eigenvalue weighted by atomic mass is 35.5. The predicted octanol–water partition coefficient (Wildman–Crippen LogP) is 4.40. The highest BCUT2D eigenvalue weighted by Crippen LogP contribution is 2.36. The summed E-state index contributed by atoms with van der Waals surface area (Å²) in [5.41, 5.74) is 3.14. The molecule has 0 aromatic carbocycles. The van der Waals surface area contributed by atoms with Crippen molar-refractivity contribution in [3.05, 3.63) is 41.1 Å². The number of amides is 1. The first-order chi connectivity index (χ1) is 13.1. The van der Waals surface area contributed by atoms with E-state index in [0.29, 0.717) is 23.2 Å². The van der Waals surface area contributed by atoms with Gasteiger partial charge in [-0.1, -0.05) is 37.6 Å². The second kappa shape index (κ2) is 9.29. The molecule has 0 spiro atoms. The van der Waals surface area contributed by atoms with E-state index in [1.165, 1.54) is 0 Å². The van der Waals surface area contributed by atoms with Crippen LogP contribution in [0.25, 0.3) is 5.57 Å². The van der Waals surface area contributed by atoms with Gasteiger partial charge in [-0.2, -0.15) is 0 Å². The van der Waals surface area contributed by atoms with E-state index >= 15 is 0 Å². The molecule has 1 amide bonds. The third-order valence-electron chi connectivity index (χ3n) is 5.50. The van der Waals surface area contributed by atoms with Crippen molar-refractivity contribution in [2.24, 2.45) is 22.7 Å². The molecule has 27 heavy (non-hydrogen) atoms. The summed E-state index contributed by atoms with van der Waals surface area (Å²) in [5.74, 6) is 1.61. The molecule has 144 valence electrons. The maximum Gasteiger partial charge on any atom is 0.212 e. The number of rotatable bonds is 5. The molecule has 2 unspecified atom stereocenters. The lowest BCUT2D eigenvalue weighted by Gasteiger charge is -2.24. The Kier molecular flexibility index (Phi) is 6.80. The second-order valence-corrected chi connectivity index (χ2v) is 7.60. The molecule has 1 saturated heterocycles. The highest BCUT2D eigenvalue weighted by molar-refractivity contribution is 6.32. The Morgan fingerprint density at radius 3 is 2.85 bits per heavy atom. The summed E-state index contributed by atoms with van der Waals surface area (Å²) in [7, 11) is 0. The Balaban J connectivity index is 1.79. The fourth-order valence-corrected chi connectivity index (χ4v) is 3.79. The van der Waals surface area contributed by atoms with Crippen LogP contribution in [0.4, 0.5) is 5.82 Å². The molecule has 1 N–H and O–H groups in total. The van der Waals surface area contributed by atoms with Gasteiger partial charge in [-0.25, -0.2) is 4.98 Å². The normalized spacial score (nSPS) is 25.1. The molecule has 2 heterocycles. The number of allylic oxidation sites excluding steroid dienone is 4. The lowest BCUT2D eigenvalue weighted by atomic mass is 9.83. The molecule has 2 aliphatic rings. The van der Waals surface area contributed by atoms with Crippen molar-refractivity contribution in [2.75, 3.05) is 25.1 Å². The first kappa shape index (κ1) is 19.8. The van der Waals surface area contributed by atoms with Gasteiger partial charge in [0.2, 0.25) is 6.41 Å². The van der Waals surface area contributed by atoms with Crippen LogP contribution in [0.3, 0.4) is 0 Å². The van der Waals surface area contributed by atoms with Crippen molar-refractivity contribution >= 4 is 35.1 Å². The first-order valence-electron chi connectivity index (χ1n) is 9.46. The SMILES string of the molecule is CC1C(c2cc(NC=O)ncc2Cl)=CC=CC(=NCC2CCOCC2)C1C. The van der Waals surface area contributed by atoms with Gasteiger partial charge >= 0.3 is 0 Å². The lowest BCUT2D eigenvalue weighted by molar-refractivity contribution is -0.105. The number of pyridine rings is 1. The van der Waals surface area contributed by atoms with Gasteiger partial charge in [0.1, 0.15) is 5.82 Å². The topological polar surface area (TPSA) is 63.6 Å². The Labute approximate surface area is 165 Å². The summed E-state index contributed by atoms with van der Waals surface area (Å²) in [4.78, 5) is 19.8. The van der Waals surface area contributed by atoms with Crippen LogP contribution in [0.1, 0.15) is 32.3 Å². The second-order valence-electron chi connectivity index (χ2n) is 7.19. The van der Waals surface area contributed by atoms with Crippen LogP contribution >= 0.6 is 11.6 Å². The van der Waals surface area contributed by atoms with E-state index in [0.717, 1.165) is 49.4 Å². The molecule has 6 heteroatoms. The Morgan fingerprint density at radius 2 is 2.11 bits per heavy atom.